The van der Waals surface area contributed by atoms with Gasteiger partial charge in [0, 0.05) is 13.8 Å². The van der Waals surface area contributed by atoms with Crippen molar-refractivity contribution in [2.75, 3.05) is 26.4 Å². The second-order valence-electron chi connectivity index (χ2n) is 12.2. The van der Waals surface area contributed by atoms with Crippen molar-refractivity contribution < 1.29 is 98.9 Å². The summed E-state index contributed by atoms with van der Waals surface area (Å²) in [5.41, 5.74) is 0. The second-order valence-corrected chi connectivity index (χ2v) is 12.2. The van der Waals surface area contributed by atoms with Crippen LogP contribution in [0.2, 0.25) is 0 Å². The van der Waals surface area contributed by atoms with Gasteiger partial charge in [0.1, 0.15) is 91.4 Å². The number of carbonyl (C=O) groups is 2. The predicted molar refractivity (Wildman–Crippen MR) is 151 cm³/mol. The monoisotopic (exact) mass is 718 g/mol. The first-order chi connectivity index (χ1) is 23.1. The van der Waals surface area contributed by atoms with Crippen LogP contribution in [0.25, 0.3) is 0 Å². The van der Waals surface area contributed by atoms with Gasteiger partial charge in [-0.1, -0.05) is 0 Å². The van der Waals surface area contributed by atoms with E-state index in [2.05, 4.69) is 10.6 Å². The summed E-state index contributed by atoms with van der Waals surface area (Å²) in [6, 6.07) is -3.02. The molecule has 0 aliphatic carbocycles. The number of rotatable bonds is 11. The summed E-state index contributed by atoms with van der Waals surface area (Å²) in [5.74, 6) is -1.38. The van der Waals surface area contributed by atoms with Gasteiger partial charge in [0.05, 0.1) is 26.4 Å². The Morgan fingerprint density at radius 1 is 0.571 bits per heavy atom. The number of ether oxygens (including phenoxy) is 7. The van der Waals surface area contributed by atoms with Crippen molar-refractivity contribution in [3.8, 4) is 0 Å². The van der Waals surface area contributed by atoms with Crippen LogP contribution in [0.4, 0.5) is 0 Å². The molecule has 4 fully saturated rings. The number of aliphatic hydroxyl groups excluding tert-OH is 11. The van der Waals surface area contributed by atoms with Gasteiger partial charge in [-0.2, -0.15) is 0 Å². The molecule has 22 heteroatoms. The Morgan fingerprint density at radius 3 is 1.63 bits per heavy atom. The lowest BCUT2D eigenvalue weighted by molar-refractivity contribution is -0.382. The van der Waals surface area contributed by atoms with Crippen LogP contribution in [0, 0.1) is 0 Å². The largest absolute Gasteiger partial charge is 0.394 e. The van der Waals surface area contributed by atoms with Crippen LogP contribution in [-0.4, -0.2) is 211 Å². The van der Waals surface area contributed by atoms with Crippen molar-refractivity contribution >= 4 is 11.8 Å². The minimum atomic E-state index is -1.91. The van der Waals surface area contributed by atoms with Gasteiger partial charge in [-0.05, 0) is 0 Å². The minimum Gasteiger partial charge on any atom is -0.394 e. The fourth-order valence-corrected chi connectivity index (χ4v) is 6.05. The highest BCUT2D eigenvalue weighted by atomic mass is 16.8. The first kappa shape index (κ1) is 40.0. The van der Waals surface area contributed by atoms with Crippen molar-refractivity contribution in [2.45, 2.75) is 130 Å². The molecule has 19 atom stereocenters. The molecule has 0 aromatic rings. The molecule has 0 spiro atoms. The maximum absolute atomic E-state index is 12.2. The normalized spacial score (nSPS) is 47.7. The van der Waals surface area contributed by atoms with E-state index in [-0.39, 0.29) is 0 Å². The van der Waals surface area contributed by atoms with Crippen LogP contribution in [0.15, 0.2) is 0 Å². The summed E-state index contributed by atoms with van der Waals surface area (Å²) < 4.78 is 39.4. The van der Waals surface area contributed by atoms with Gasteiger partial charge in [0.2, 0.25) is 11.8 Å². The number of carbonyl (C=O) groups excluding carboxylic acids is 2. The van der Waals surface area contributed by atoms with Gasteiger partial charge in [0.15, 0.2) is 25.2 Å². The van der Waals surface area contributed by atoms with Crippen molar-refractivity contribution in [1.29, 1.82) is 0 Å². The zero-order valence-corrected chi connectivity index (χ0v) is 26.4. The molecule has 0 aromatic heterocycles. The first-order valence-electron chi connectivity index (χ1n) is 15.5. The molecule has 4 aliphatic rings. The number of amides is 2. The Bertz CT molecular complexity index is 1090. The van der Waals surface area contributed by atoms with Crippen molar-refractivity contribution in [1.82, 2.24) is 10.6 Å². The van der Waals surface area contributed by atoms with Crippen LogP contribution in [0.1, 0.15) is 13.8 Å². The maximum atomic E-state index is 12.2. The fraction of sp³-hybridized carbons (Fsp3) is 0.926. The third kappa shape index (κ3) is 8.82. The second kappa shape index (κ2) is 17.2. The SMILES string of the molecule is CC(=O)N[C@H]1[C@H](O[C@H]2[C@H](O)[C@@H](NC(C)=O)C(O)O[C@@H]2CO)O[C@H](CO)[C@@H](O[C@@H]2O[C@H](CO)[C@@H](O)[C@H](O)[C@@H]2O[C@@H]2OC[C@@H](O)[C@H](O)[C@H]2O)[C@@H]1O. The topological polar surface area (TPSA) is 345 Å². The highest BCUT2D eigenvalue weighted by Crippen LogP contribution is 2.34. The molecule has 0 aromatic carbocycles. The van der Waals surface area contributed by atoms with Crippen LogP contribution in [0.3, 0.4) is 0 Å². The molecule has 4 saturated heterocycles. The summed E-state index contributed by atoms with van der Waals surface area (Å²) in [6.45, 7) is -0.869. The molecule has 2 amide bonds. The molecule has 0 bridgehead atoms. The van der Waals surface area contributed by atoms with Gasteiger partial charge in [-0.15, -0.1) is 0 Å². The first-order valence-corrected chi connectivity index (χ1v) is 15.5. The van der Waals surface area contributed by atoms with Gasteiger partial charge in [0.25, 0.3) is 0 Å². The van der Waals surface area contributed by atoms with E-state index in [9.17, 15) is 65.8 Å². The molecule has 0 saturated carbocycles. The molecule has 0 radical (unpaired) electrons. The smallest absolute Gasteiger partial charge is 0.217 e. The molecule has 49 heavy (non-hydrogen) atoms. The molecule has 4 aliphatic heterocycles. The van der Waals surface area contributed by atoms with E-state index in [4.69, 9.17) is 33.2 Å². The summed E-state index contributed by atoms with van der Waals surface area (Å²) in [4.78, 5) is 23.9. The van der Waals surface area contributed by atoms with E-state index < -0.39 is 155 Å². The zero-order chi connectivity index (χ0) is 36.3. The Hall–Kier alpha value is -1.78. The summed E-state index contributed by atoms with van der Waals surface area (Å²) in [5, 5.41) is 119. The summed E-state index contributed by atoms with van der Waals surface area (Å²) in [7, 11) is 0. The van der Waals surface area contributed by atoms with E-state index in [0.717, 1.165) is 13.8 Å². The molecule has 22 nitrogen and oxygen atoms in total. The molecule has 284 valence electrons. The molecule has 4 rings (SSSR count). The lowest BCUT2D eigenvalue weighted by Gasteiger charge is -2.50. The summed E-state index contributed by atoms with van der Waals surface area (Å²) in [6.07, 6.45) is -28.9. The van der Waals surface area contributed by atoms with Gasteiger partial charge in [-0.3, -0.25) is 9.59 Å². The summed E-state index contributed by atoms with van der Waals surface area (Å²) >= 11 is 0. The van der Waals surface area contributed by atoms with Crippen LogP contribution >= 0.6 is 0 Å². The number of nitrogens with one attached hydrogen (secondary N) is 2. The van der Waals surface area contributed by atoms with Crippen LogP contribution in [0.5, 0.6) is 0 Å². The van der Waals surface area contributed by atoms with E-state index in [1.165, 1.54) is 0 Å². The minimum absolute atomic E-state index is 0.496. The lowest BCUT2D eigenvalue weighted by Crippen LogP contribution is -2.70. The molecular weight excluding hydrogens is 672 g/mol. The maximum Gasteiger partial charge on any atom is 0.217 e. The Labute approximate surface area is 278 Å². The Balaban J connectivity index is 1.59. The van der Waals surface area contributed by atoms with Gasteiger partial charge >= 0.3 is 0 Å². The third-order valence-electron chi connectivity index (χ3n) is 8.62. The van der Waals surface area contributed by atoms with E-state index in [1.807, 2.05) is 0 Å². The standard InChI is InChI=1S/C27H46N2O20/c1-7(33)28-13-17(38)21(11(4-31)44-24(13)42)47-25-14(29-8(2)34)18(39)22(12(5-32)46-25)48-27-23(19(40)16(37)10(3-30)45-27)49-26-20(41)15(36)9(35)6-43-26/h9-27,30-32,35-42H,3-6H2,1-2H3,(H,28,33)(H,29,34)/t9-,10-,11-,12-,13-,14-,15+,16-,17-,18-,19+,20-,21-,22-,23+,24?,25+,26+,27+/m1/s1. The molecule has 13 N–H and O–H groups in total. The van der Waals surface area contributed by atoms with Crippen LogP contribution in [-0.2, 0) is 42.7 Å². The number of hydrogen-bond acceptors (Lipinski definition) is 20. The average Bonchev–Trinajstić information content (AvgIpc) is 3.05. The molecular formula is C27H46N2O20. The van der Waals surface area contributed by atoms with Crippen molar-refractivity contribution in [2.24, 2.45) is 0 Å². The predicted octanol–water partition coefficient (Wildman–Crippen LogP) is -8.82. The van der Waals surface area contributed by atoms with Crippen molar-refractivity contribution in [3.05, 3.63) is 0 Å². The van der Waals surface area contributed by atoms with Gasteiger partial charge in [-0.25, -0.2) is 0 Å². The lowest BCUT2D eigenvalue weighted by atomic mass is 9.94. The van der Waals surface area contributed by atoms with Crippen molar-refractivity contribution in [3.63, 3.8) is 0 Å². The van der Waals surface area contributed by atoms with E-state index >= 15 is 0 Å². The number of hydrogen-bond donors (Lipinski definition) is 13. The van der Waals surface area contributed by atoms with E-state index in [0.29, 0.717) is 0 Å². The quantitative estimate of drug-likeness (QED) is 0.0943. The van der Waals surface area contributed by atoms with E-state index in [1.54, 1.807) is 0 Å². The number of aliphatic hydroxyl groups is 11. The molecule has 1 unspecified atom stereocenters. The average molecular weight is 719 g/mol. The molecule has 4 heterocycles. The fourth-order valence-electron chi connectivity index (χ4n) is 6.05. The zero-order valence-electron chi connectivity index (χ0n) is 26.4. The Kier molecular flexibility index (Phi) is 14.0. The Morgan fingerprint density at radius 2 is 1.06 bits per heavy atom. The highest BCUT2D eigenvalue weighted by Gasteiger charge is 2.55. The van der Waals surface area contributed by atoms with Crippen LogP contribution < -0.4 is 10.6 Å². The van der Waals surface area contributed by atoms with Gasteiger partial charge < -0.3 is 100.0 Å². The third-order valence-corrected chi connectivity index (χ3v) is 8.62. The highest BCUT2D eigenvalue weighted by molar-refractivity contribution is 5.73.